The van der Waals surface area contributed by atoms with Crippen molar-refractivity contribution >= 4 is 40.4 Å². The highest BCUT2D eigenvalue weighted by atomic mass is 127. The van der Waals surface area contributed by atoms with Gasteiger partial charge in [0.25, 0.3) is 5.18 Å². The Kier molecular flexibility index (Phi) is 2.54. The van der Waals surface area contributed by atoms with E-state index in [4.69, 9.17) is 16.3 Å². The van der Waals surface area contributed by atoms with Crippen LogP contribution in [0, 0.1) is 0 Å². The molecule has 0 saturated heterocycles. The van der Waals surface area contributed by atoms with Gasteiger partial charge < -0.3 is 4.74 Å². The standard InChI is InChI=1S/C5H6ClIN2O/c1-10-5(6)4(7)2-3-8-9-5/h2-3,9H,1H3. The minimum absolute atomic E-state index is 0.865. The fourth-order valence-electron chi connectivity index (χ4n) is 0.527. The summed E-state index contributed by atoms with van der Waals surface area (Å²) in [7, 11) is 1.52. The summed E-state index contributed by atoms with van der Waals surface area (Å²) in [5.41, 5.74) is 2.63. The van der Waals surface area contributed by atoms with Crippen LogP contribution in [0.4, 0.5) is 0 Å². The van der Waals surface area contributed by atoms with Crippen molar-refractivity contribution in [2.45, 2.75) is 5.18 Å². The van der Waals surface area contributed by atoms with Crippen LogP contribution in [0.1, 0.15) is 0 Å². The number of nitrogens with zero attached hydrogens (tertiary/aromatic N) is 1. The molecule has 3 nitrogen and oxygen atoms in total. The maximum Gasteiger partial charge on any atom is 0.264 e. The summed E-state index contributed by atoms with van der Waals surface area (Å²) in [6.45, 7) is 0. The van der Waals surface area contributed by atoms with Crippen LogP contribution >= 0.6 is 34.2 Å². The second-order valence-electron chi connectivity index (χ2n) is 1.70. The summed E-state index contributed by atoms with van der Waals surface area (Å²) in [5, 5.41) is 2.79. The number of hydrazone groups is 1. The summed E-state index contributed by atoms with van der Waals surface area (Å²) in [4.78, 5) is 0. The average Bonchev–Trinajstić information content (AvgIpc) is 1.96. The highest BCUT2D eigenvalue weighted by molar-refractivity contribution is 14.1. The molecule has 1 aliphatic rings. The van der Waals surface area contributed by atoms with Gasteiger partial charge in [0.15, 0.2) is 0 Å². The van der Waals surface area contributed by atoms with Gasteiger partial charge in [-0.25, -0.2) is 0 Å². The predicted octanol–water partition coefficient (Wildman–Crippen LogP) is 1.43. The Balaban J connectivity index is 2.81. The summed E-state index contributed by atoms with van der Waals surface area (Å²) in [5.74, 6) is 0. The third-order valence-electron chi connectivity index (χ3n) is 1.09. The number of halogens is 2. The lowest BCUT2D eigenvalue weighted by atomic mass is 10.4. The molecule has 0 aromatic carbocycles. The van der Waals surface area contributed by atoms with Crippen LogP contribution in [0.25, 0.3) is 0 Å². The Bertz CT molecular complexity index is 194. The third-order valence-corrected chi connectivity index (χ3v) is 2.97. The van der Waals surface area contributed by atoms with E-state index in [0.29, 0.717) is 0 Å². The van der Waals surface area contributed by atoms with Crippen molar-refractivity contribution in [3.8, 4) is 0 Å². The minimum Gasteiger partial charge on any atom is -0.341 e. The first-order valence-corrected chi connectivity index (χ1v) is 4.05. The zero-order valence-corrected chi connectivity index (χ0v) is 8.18. The van der Waals surface area contributed by atoms with Gasteiger partial charge in [0.2, 0.25) is 0 Å². The first-order valence-electron chi connectivity index (χ1n) is 2.59. The molecule has 0 fully saturated rings. The normalized spacial score (nSPS) is 31.3. The molecule has 1 N–H and O–H groups in total. The van der Waals surface area contributed by atoms with Crippen LogP contribution in [-0.4, -0.2) is 18.5 Å². The minimum atomic E-state index is -0.949. The van der Waals surface area contributed by atoms with Crippen LogP contribution in [0.15, 0.2) is 14.8 Å². The highest BCUT2D eigenvalue weighted by Gasteiger charge is 2.30. The highest BCUT2D eigenvalue weighted by Crippen LogP contribution is 2.29. The molecule has 0 amide bonds. The Morgan fingerprint density at radius 3 is 3.00 bits per heavy atom. The van der Waals surface area contributed by atoms with Crippen molar-refractivity contribution in [1.82, 2.24) is 5.43 Å². The van der Waals surface area contributed by atoms with E-state index < -0.39 is 5.18 Å². The van der Waals surface area contributed by atoms with E-state index in [0.717, 1.165) is 3.58 Å². The first kappa shape index (κ1) is 8.29. The fourth-order valence-corrected chi connectivity index (χ4v) is 1.14. The molecule has 0 aromatic heterocycles. The maximum atomic E-state index is 5.89. The van der Waals surface area contributed by atoms with E-state index >= 15 is 0 Å². The van der Waals surface area contributed by atoms with Gasteiger partial charge in [-0.3, -0.25) is 5.43 Å². The van der Waals surface area contributed by atoms with Crippen molar-refractivity contribution in [1.29, 1.82) is 0 Å². The quantitative estimate of drug-likeness (QED) is 0.445. The van der Waals surface area contributed by atoms with E-state index in [1.165, 1.54) is 7.11 Å². The number of nitrogens with one attached hydrogen (secondary N) is 1. The van der Waals surface area contributed by atoms with Crippen molar-refractivity contribution in [2.75, 3.05) is 7.11 Å². The maximum absolute atomic E-state index is 5.89. The molecule has 1 atom stereocenters. The van der Waals surface area contributed by atoms with Crippen LogP contribution in [0.2, 0.25) is 0 Å². The topological polar surface area (TPSA) is 33.6 Å². The van der Waals surface area contributed by atoms with E-state index in [1.54, 1.807) is 12.3 Å². The van der Waals surface area contributed by atoms with Crippen molar-refractivity contribution in [2.24, 2.45) is 5.10 Å². The second kappa shape index (κ2) is 3.06. The third kappa shape index (κ3) is 1.43. The fraction of sp³-hybridized carbons (Fsp3) is 0.400. The number of alkyl halides is 1. The zero-order chi connectivity index (χ0) is 7.61. The molecule has 0 aliphatic carbocycles. The molecule has 1 unspecified atom stereocenters. The van der Waals surface area contributed by atoms with Crippen molar-refractivity contribution in [3.63, 3.8) is 0 Å². The lowest BCUT2D eigenvalue weighted by Crippen LogP contribution is -2.40. The van der Waals surface area contributed by atoms with Crippen LogP contribution in [-0.2, 0) is 4.74 Å². The number of allylic oxidation sites excluding steroid dienone is 1. The molecular weight excluding hydrogens is 266 g/mol. The zero-order valence-electron chi connectivity index (χ0n) is 5.27. The Morgan fingerprint density at radius 1 is 1.90 bits per heavy atom. The first-order chi connectivity index (χ1) is 4.69. The number of hydrogen-bond donors (Lipinski definition) is 1. The molecule has 0 spiro atoms. The van der Waals surface area contributed by atoms with Crippen LogP contribution in [0.3, 0.4) is 0 Å². The van der Waals surface area contributed by atoms with Crippen molar-refractivity contribution in [3.05, 3.63) is 9.66 Å². The monoisotopic (exact) mass is 272 g/mol. The number of ether oxygens (including phenoxy) is 1. The van der Waals surface area contributed by atoms with Gasteiger partial charge in [0, 0.05) is 13.3 Å². The summed E-state index contributed by atoms with van der Waals surface area (Å²) in [6.07, 6.45) is 3.41. The molecular formula is C5H6ClIN2O. The van der Waals surface area contributed by atoms with E-state index in [2.05, 4.69) is 33.1 Å². The molecule has 1 aliphatic heterocycles. The smallest absolute Gasteiger partial charge is 0.264 e. The Morgan fingerprint density at radius 2 is 2.60 bits per heavy atom. The summed E-state index contributed by atoms with van der Waals surface area (Å²) >= 11 is 7.97. The Labute approximate surface area is 77.6 Å². The van der Waals surface area contributed by atoms with Gasteiger partial charge in [0.05, 0.1) is 3.58 Å². The molecule has 0 saturated carbocycles. The number of methoxy groups -OCH3 is 1. The predicted molar refractivity (Wildman–Crippen MR) is 49.3 cm³/mol. The lowest BCUT2D eigenvalue weighted by Gasteiger charge is -2.25. The molecule has 56 valence electrons. The molecule has 0 bridgehead atoms. The molecule has 10 heavy (non-hydrogen) atoms. The largest absolute Gasteiger partial charge is 0.341 e. The average molecular weight is 272 g/mol. The molecule has 1 rings (SSSR count). The van der Waals surface area contributed by atoms with Crippen LogP contribution in [0.5, 0.6) is 0 Å². The van der Waals surface area contributed by atoms with Gasteiger partial charge in [0.1, 0.15) is 0 Å². The molecule has 1 heterocycles. The van der Waals surface area contributed by atoms with Gasteiger partial charge in [-0.1, -0.05) is 11.6 Å². The molecule has 5 heteroatoms. The van der Waals surface area contributed by atoms with E-state index in [9.17, 15) is 0 Å². The van der Waals surface area contributed by atoms with Gasteiger partial charge >= 0.3 is 0 Å². The molecule has 0 aromatic rings. The van der Waals surface area contributed by atoms with E-state index in [-0.39, 0.29) is 0 Å². The van der Waals surface area contributed by atoms with Crippen LogP contribution < -0.4 is 5.43 Å². The Hall–Kier alpha value is 0.190. The SMILES string of the molecule is COC1(Cl)NN=CC=C1I. The summed E-state index contributed by atoms with van der Waals surface area (Å²) < 4.78 is 5.82. The molecule has 0 radical (unpaired) electrons. The number of rotatable bonds is 1. The van der Waals surface area contributed by atoms with Gasteiger partial charge in [-0.15, -0.1) is 0 Å². The van der Waals surface area contributed by atoms with E-state index in [1.807, 2.05) is 0 Å². The second-order valence-corrected chi connectivity index (χ2v) is 3.40. The van der Waals surface area contributed by atoms with Crippen molar-refractivity contribution < 1.29 is 4.74 Å². The van der Waals surface area contributed by atoms with Gasteiger partial charge in [-0.2, -0.15) is 5.10 Å². The lowest BCUT2D eigenvalue weighted by molar-refractivity contribution is 0.0736. The van der Waals surface area contributed by atoms with Gasteiger partial charge in [-0.05, 0) is 28.7 Å². The number of hydrogen-bond acceptors (Lipinski definition) is 3. The summed E-state index contributed by atoms with van der Waals surface area (Å²) in [6, 6.07) is 0.